The van der Waals surface area contributed by atoms with E-state index < -0.39 is 0 Å². The van der Waals surface area contributed by atoms with Gasteiger partial charge in [0.2, 0.25) is 0 Å². The minimum absolute atomic E-state index is 0.392. The monoisotopic (exact) mass is 480 g/mol. The molecule has 3 aliphatic rings. The van der Waals surface area contributed by atoms with Crippen LogP contribution in [0, 0.1) is 5.41 Å². The van der Waals surface area contributed by atoms with Gasteiger partial charge >= 0.3 is 0 Å². The average molecular weight is 482 g/mol. The zero-order valence-corrected chi connectivity index (χ0v) is 19.9. The third kappa shape index (κ3) is 4.22. The van der Waals surface area contributed by atoms with E-state index in [9.17, 15) is 0 Å². The maximum atomic E-state index is 6.26. The van der Waals surface area contributed by atoms with Gasteiger partial charge in [-0.1, -0.05) is 34.8 Å². The summed E-state index contributed by atoms with van der Waals surface area (Å²) in [5, 5.41) is 9.39. The van der Waals surface area contributed by atoms with E-state index in [1.54, 1.807) is 7.11 Å². The van der Waals surface area contributed by atoms with Crippen molar-refractivity contribution in [3.8, 4) is 5.75 Å². The summed E-state index contributed by atoms with van der Waals surface area (Å²) >= 11 is 18.5. The Balaban J connectivity index is 1.17. The number of nitrogens with zero attached hydrogens (tertiary/aromatic N) is 4. The molecule has 1 spiro atoms. The van der Waals surface area contributed by atoms with Crippen LogP contribution >= 0.6 is 34.8 Å². The van der Waals surface area contributed by atoms with Crippen LogP contribution < -0.4 is 9.64 Å². The fourth-order valence-corrected chi connectivity index (χ4v) is 6.41. The Kier molecular flexibility index (Phi) is 5.97. The second kappa shape index (κ2) is 8.58. The summed E-state index contributed by atoms with van der Waals surface area (Å²) in [6.07, 6.45) is 6.13. The smallest absolute Gasteiger partial charge is 0.175 e. The fourth-order valence-electron chi connectivity index (χ4n) is 5.88. The van der Waals surface area contributed by atoms with E-state index in [4.69, 9.17) is 39.5 Å². The summed E-state index contributed by atoms with van der Waals surface area (Å²) in [4.78, 5) is 5.01. The van der Waals surface area contributed by atoms with Crippen LogP contribution in [0.4, 0.5) is 5.69 Å². The summed E-state index contributed by atoms with van der Waals surface area (Å²) in [7, 11) is 1.74. The van der Waals surface area contributed by atoms with E-state index in [1.807, 2.05) is 18.2 Å². The zero-order valence-electron chi connectivity index (χ0n) is 17.7. The summed E-state index contributed by atoms with van der Waals surface area (Å²) in [5.41, 5.74) is 2.57. The molecule has 31 heavy (non-hydrogen) atoms. The largest absolute Gasteiger partial charge is 0.496 e. The molecular weight excluding hydrogens is 455 g/mol. The molecule has 1 aromatic carbocycles. The van der Waals surface area contributed by atoms with Crippen molar-refractivity contribution in [1.82, 2.24) is 15.1 Å². The molecule has 0 N–H and O–H groups in total. The summed E-state index contributed by atoms with van der Waals surface area (Å²) in [6, 6.07) is 8.48. The SMILES string of the molecule is COc1ccc(Cl)cc1C1CCN(C2CCC3(C2)CN(c2cc(Cl)nnc2Cl)C3)CC1. The van der Waals surface area contributed by atoms with Crippen LogP contribution in [0.25, 0.3) is 0 Å². The van der Waals surface area contributed by atoms with E-state index in [1.165, 1.54) is 24.8 Å². The molecular formula is C23H27Cl3N4O. The van der Waals surface area contributed by atoms with Crippen molar-refractivity contribution in [2.24, 2.45) is 5.41 Å². The lowest BCUT2D eigenvalue weighted by molar-refractivity contribution is 0.131. The fraction of sp³-hybridized carbons (Fsp3) is 0.565. The first-order valence-electron chi connectivity index (χ1n) is 11.0. The van der Waals surface area contributed by atoms with Crippen LogP contribution in [0.15, 0.2) is 24.3 Å². The van der Waals surface area contributed by atoms with Crippen LogP contribution in [-0.2, 0) is 0 Å². The van der Waals surface area contributed by atoms with Crippen molar-refractivity contribution in [2.45, 2.75) is 44.1 Å². The maximum Gasteiger partial charge on any atom is 0.175 e. The van der Waals surface area contributed by atoms with E-state index in [0.717, 1.165) is 55.5 Å². The standard InChI is InChI=1S/C23H27Cl3N4O/c1-31-20-3-2-16(24)10-18(20)15-5-8-29(9-6-15)17-4-7-23(12-17)13-30(14-23)19-11-21(25)27-28-22(19)26/h2-3,10-11,15,17H,4-9,12-14H2,1H3. The van der Waals surface area contributed by atoms with Gasteiger partial charge in [0, 0.05) is 35.6 Å². The van der Waals surface area contributed by atoms with Crippen molar-refractivity contribution >= 4 is 40.5 Å². The number of ether oxygens (including phenoxy) is 1. The first kappa shape index (κ1) is 21.6. The number of likely N-dealkylation sites (tertiary alicyclic amines) is 1. The second-order valence-electron chi connectivity index (χ2n) is 9.29. The third-order valence-corrected chi connectivity index (χ3v) is 8.14. The predicted octanol–water partition coefficient (Wildman–Crippen LogP) is 5.68. The van der Waals surface area contributed by atoms with Gasteiger partial charge in [-0.05, 0) is 74.9 Å². The molecule has 0 radical (unpaired) electrons. The van der Waals surface area contributed by atoms with Gasteiger partial charge in [-0.15, -0.1) is 10.2 Å². The van der Waals surface area contributed by atoms with Crippen LogP contribution in [0.5, 0.6) is 5.75 Å². The van der Waals surface area contributed by atoms with Gasteiger partial charge < -0.3 is 14.5 Å². The maximum absolute atomic E-state index is 6.26. The highest BCUT2D eigenvalue weighted by Gasteiger charge is 2.50. The number of hydrogen-bond acceptors (Lipinski definition) is 5. The summed E-state index contributed by atoms with van der Waals surface area (Å²) in [5.74, 6) is 1.48. The molecule has 8 heteroatoms. The van der Waals surface area contributed by atoms with Gasteiger partial charge in [-0.3, -0.25) is 0 Å². The van der Waals surface area contributed by atoms with Crippen LogP contribution in [0.1, 0.15) is 43.6 Å². The minimum atomic E-state index is 0.392. The van der Waals surface area contributed by atoms with Gasteiger partial charge in [0.05, 0.1) is 12.8 Å². The average Bonchev–Trinajstić information content (AvgIpc) is 3.20. The molecule has 1 saturated carbocycles. The number of benzene rings is 1. The Labute approximate surface area is 198 Å². The molecule has 1 atom stereocenters. The molecule has 0 amide bonds. The van der Waals surface area contributed by atoms with Gasteiger partial charge in [-0.2, -0.15) is 0 Å². The molecule has 3 heterocycles. The van der Waals surface area contributed by atoms with E-state index in [2.05, 4.69) is 26.1 Å². The Morgan fingerprint density at radius 3 is 2.55 bits per heavy atom. The Bertz CT molecular complexity index is 958. The zero-order chi connectivity index (χ0) is 21.6. The lowest BCUT2D eigenvalue weighted by Gasteiger charge is -2.50. The number of anilines is 1. The molecule has 1 aliphatic carbocycles. The van der Waals surface area contributed by atoms with Crippen molar-refractivity contribution < 1.29 is 4.74 Å². The van der Waals surface area contributed by atoms with Gasteiger partial charge in [0.15, 0.2) is 10.3 Å². The van der Waals surface area contributed by atoms with Gasteiger partial charge in [0.1, 0.15) is 5.75 Å². The number of rotatable bonds is 4. The minimum Gasteiger partial charge on any atom is -0.496 e. The van der Waals surface area contributed by atoms with Crippen molar-refractivity contribution in [2.75, 3.05) is 38.2 Å². The molecule has 5 nitrogen and oxygen atoms in total. The molecule has 2 aliphatic heterocycles. The molecule has 5 rings (SSSR count). The third-order valence-electron chi connectivity index (χ3n) is 7.45. The van der Waals surface area contributed by atoms with Gasteiger partial charge in [-0.25, -0.2) is 0 Å². The van der Waals surface area contributed by atoms with E-state index in [-0.39, 0.29) is 0 Å². The molecule has 2 saturated heterocycles. The first-order chi connectivity index (χ1) is 15.0. The predicted molar refractivity (Wildman–Crippen MR) is 126 cm³/mol. The highest BCUT2D eigenvalue weighted by atomic mass is 35.5. The normalized spacial score (nSPS) is 23.9. The molecule has 166 valence electrons. The quantitative estimate of drug-likeness (QED) is 0.561. The first-order valence-corrected chi connectivity index (χ1v) is 12.1. The van der Waals surface area contributed by atoms with Crippen molar-refractivity contribution in [3.63, 3.8) is 0 Å². The lowest BCUT2D eigenvalue weighted by atomic mass is 9.77. The number of piperidine rings is 1. The molecule has 2 aromatic rings. The van der Waals surface area contributed by atoms with E-state index in [0.29, 0.717) is 27.7 Å². The lowest BCUT2D eigenvalue weighted by Crippen LogP contribution is -2.56. The van der Waals surface area contributed by atoms with Crippen LogP contribution in [-0.4, -0.2) is 54.4 Å². The molecule has 0 bridgehead atoms. The number of hydrogen-bond donors (Lipinski definition) is 0. The van der Waals surface area contributed by atoms with Gasteiger partial charge in [0.25, 0.3) is 0 Å². The second-order valence-corrected chi connectivity index (χ2v) is 10.5. The topological polar surface area (TPSA) is 41.5 Å². The molecule has 1 unspecified atom stereocenters. The molecule has 3 fully saturated rings. The number of methoxy groups -OCH3 is 1. The number of halogens is 3. The highest BCUT2D eigenvalue weighted by Crippen LogP contribution is 2.50. The Morgan fingerprint density at radius 2 is 1.81 bits per heavy atom. The Hall–Kier alpha value is -1.27. The number of aromatic nitrogens is 2. The van der Waals surface area contributed by atoms with Crippen molar-refractivity contribution in [1.29, 1.82) is 0 Å². The van der Waals surface area contributed by atoms with Crippen LogP contribution in [0.2, 0.25) is 15.3 Å². The summed E-state index contributed by atoms with van der Waals surface area (Å²) in [6.45, 7) is 4.34. The molecule has 1 aromatic heterocycles. The highest BCUT2D eigenvalue weighted by molar-refractivity contribution is 6.33. The van der Waals surface area contributed by atoms with Crippen LogP contribution in [0.3, 0.4) is 0 Å². The van der Waals surface area contributed by atoms with E-state index >= 15 is 0 Å². The summed E-state index contributed by atoms with van der Waals surface area (Å²) < 4.78 is 5.59. The Morgan fingerprint density at radius 1 is 1.03 bits per heavy atom. The van der Waals surface area contributed by atoms with Crippen molar-refractivity contribution in [3.05, 3.63) is 45.2 Å².